The molecule has 0 aliphatic heterocycles. The minimum Gasteiger partial charge on any atom is -0.347 e. The number of hydrogen-bond donors (Lipinski definition) is 2. The van der Waals surface area contributed by atoms with Crippen LogP contribution in [0.1, 0.15) is 5.56 Å². The molecule has 0 fully saturated rings. The third kappa shape index (κ3) is 4.41. The number of benzene rings is 2. The molecule has 158 valence electrons. The molecule has 3 rings (SSSR count). The number of hydrogen-bond acceptors (Lipinski definition) is 6. The van der Waals surface area contributed by atoms with Crippen molar-refractivity contribution in [2.45, 2.75) is 11.1 Å². The molecular weight excluding hydrogens is 427 g/mol. The van der Waals surface area contributed by atoms with Gasteiger partial charge in [0, 0.05) is 6.07 Å². The lowest BCUT2D eigenvalue weighted by atomic mass is 10.2. The Balaban J connectivity index is 1.92. The third-order valence-corrected chi connectivity index (χ3v) is 5.46. The first kappa shape index (κ1) is 21.3. The van der Waals surface area contributed by atoms with Crippen LogP contribution >= 0.6 is 0 Å². The maximum absolute atomic E-state index is 12.9. The molecule has 0 aliphatic carbocycles. The molecule has 30 heavy (non-hydrogen) atoms. The van der Waals surface area contributed by atoms with E-state index >= 15 is 0 Å². The number of anilines is 2. The van der Waals surface area contributed by atoms with E-state index in [4.69, 9.17) is 0 Å². The lowest BCUT2D eigenvalue weighted by Crippen LogP contribution is -2.18. The summed E-state index contributed by atoms with van der Waals surface area (Å²) in [4.78, 5) is 10.3. The standard InChI is InChI=1S/C17H14F3N5O4S/c1-21-30(28,29)14-5-6-15(16(8-14)25(26)27)23-12-9-22-24(10-12)13-4-2-3-11(7-13)17(18,19)20/h2-10,21,23H,1H3. The summed E-state index contributed by atoms with van der Waals surface area (Å²) in [5, 5.41) is 18.0. The van der Waals surface area contributed by atoms with Crippen molar-refractivity contribution in [2.75, 3.05) is 12.4 Å². The highest BCUT2D eigenvalue weighted by molar-refractivity contribution is 7.89. The van der Waals surface area contributed by atoms with E-state index in [2.05, 4.69) is 15.1 Å². The second-order valence-corrected chi connectivity index (χ2v) is 7.88. The first-order chi connectivity index (χ1) is 14.0. The van der Waals surface area contributed by atoms with Crippen LogP contribution in [0.5, 0.6) is 0 Å². The predicted octanol–water partition coefficient (Wildman–Crippen LogP) is 3.45. The number of sulfonamides is 1. The highest BCUT2D eigenvalue weighted by atomic mass is 32.2. The van der Waals surface area contributed by atoms with Crippen LogP contribution in [0.4, 0.5) is 30.2 Å². The molecule has 0 radical (unpaired) electrons. The maximum Gasteiger partial charge on any atom is 0.416 e. The Morgan fingerprint density at radius 1 is 1.17 bits per heavy atom. The maximum atomic E-state index is 12.9. The molecule has 0 amide bonds. The van der Waals surface area contributed by atoms with E-state index in [1.54, 1.807) is 0 Å². The van der Waals surface area contributed by atoms with Crippen LogP contribution in [0.15, 0.2) is 59.8 Å². The molecule has 13 heteroatoms. The van der Waals surface area contributed by atoms with Gasteiger partial charge in [0.2, 0.25) is 10.0 Å². The van der Waals surface area contributed by atoms with Crippen LogP contribution in [-0.4, -0.2) is 30.2 Å². The van der Waals surface area contributed by atoms with E-state index in [1.165, 1.54) is 48.4 Å². The van der Waals surface area contributed by atoms with Gasteiger partial charge >= 0.3 is 6.18 Å². The van der Waals surface area contributed by atoms with Crippen molar-refractivity contribution in [1.29, 1.82) is 0 Å². The molecule has 0 spiro atoms. The summed E-state index contributed by atoms with van der Waals surface area (Å²) in [5.74, 6) is 0. The van der Waals surface area contributed by atoms with E-state index in [0.29, 0.717) is 0 Å². The largest absolute Gasteiger partial charge is 0.416 e. The summed E-state index contributed by atoms with van der Waals surface area (Å²) in [6.07, 6.45) is -1.90. The van der Waals surface area contributed by atoms with Crippen molar-refractivity contribution in [3.8, 4) is 5.69 Å². The summed E-state index contributed by atoms with van der Waals surface area (Å²) < 4.78 is 65.6. The molecule has 0 saturated heterocycles. The van der Waals surface area contributed by atoms with Crippen LogP contribution in [0.2, 0.25) is 0 Å². The van der Waals surface area contributed by atoms with Crippen molar-refractivity contribution in [1.82, 2.24) is 14.5 Å². The fraction of sp³-hybridized carbons (Fsp3) is 0.118. The lowest BCUT2D eigenvalue weighted by molar-refractivity contribution is -0.384. The first-order valence-electron chi connectivity index (χ1n) is 8.22. The summed E-state index contributed by atoms with van der Waals surface area (Å²) >= 11 is 0. The smallest absolute Gasteiger partial charge is 0.347 e. The van der Waals surface area contributed by atoms with Gasteiger partial charge in [-0.25, -0.2) is 17.8 Å². The second-order valence-electron chi connectivity index (χ2n) is 5.99. The van der Waals surface area contributed by atoms with Gasteiger partial charge < -0.3 is 5.32 Å². The molecule has 1 aromatic heterocycles. The summed E-state index contributed by atoms with van der Waals surface area (Å²) in [6.45, 7) is 0. The monoisotopic (exact) mass is 441 g/mol. The zero-order valence-electron chi connectivity index (χ0n) is 15.2. The molecule has 0 saturated carbocycles. The highest BCUT2D eigenvalue weighted by Gasteiger charge is 2.30. The Bertz CT molecular complexity index is 1210. The number of nitrogens with zero attached hydrogens (tertiary/aromatic N) is 3. The molecule has 3 aromatic rings. The average Bonchev–Trinajstić information content (AvgIpc) is 3.16. The van der Waals surface area contributed by atoms with Crippen LogP contribution in [-0.2, 0) is 16.2 Å². The quantitative estimate of drug-likeness (QED) is 0.447. The van der Waals surface area contributed by atoms with E-state index in [1.807, 2.05) is 0 Å². The van der Waals surface area contributed by atoms with Gasteiger partial charge in [-0.2, -0.15) is 18.3 Å². The highest BCUT2D eigenvalue weighted by Crippen LogP contribution is 2.32. The minimum absolute atomic E-state index is 0.0151. The van der Waals surface area contributed by atoms with Crippen molar-refractivity contribution < 1.29 is 26.5 Å². The summed E-state index contributed by atoms with van der Waals surface area (Å²) in [7, 11) is -2.71. The Morgan fingerprint density at radius 2 is 1.90 bits per heavy atom. The van der Waals surface area contributed by atoms with Gasteiger partial charge in [0.1, 0.15) is 5.69 Å². The Kier molecular flexibility index (Phi) is 5.50. The Morgan fingerprint density at radius 3 is 2.53 bits per heavy atom. The molecule has 1 heterocycles. The number of rotatable bonds is 6. The van der Waals surface area contributed by atoms with Gasteiger partial charge in [-0.1, -0.05) is 6.07 Å². The number of alkyl halides is 3. The molecule has 0 aliphatic rings. The van der Waals surface area contributed by atoms with Crippen molar-refractivity contribution in [3.63, 3.8) is 0 Å². The Labute approximate surface area is 168 Å². The van der Waals surface area contributed by atoms with Gasteiger partial charge in [-0.05, 0) is 37.4 Å². The normalized spacial score (nSPS) is 12.0. The number of halogens is 3. The predicted molar refractivity (Wildman–Crippen MR) is 101 cm³/mol. The zero-order valence-corrected chi connectivity index (χ0v) is 16.0. The summed E-state index contributed by atoms with van der Waals surface area (Å²) in [6, 6.07) is 7.78. The molecule has 0 unspecified atom stereocenters. The van der Waals surface area contributed by atoms with Crippen molar-refractivity contribution in [3.05, 3.63) is 70.5 Å². The van der Waals surface area contributed by atoms with Crippen molar-refractivity contribution in [2.24, 2.45) is 0 Å². The molecule has 9 nitrogen and oxygen atoms in total. The van der Waals surface area contributed by atoms with E-state index in [0.717, 1.165) is 18.2 Å². The molecule has 0 atom stereocenters. The van der Waals surface area contributed by atoms with E-state index in [9.17, 15) is 31.7 Å². The molecular formula is C17H14F3N5O4S. The van der Waals surface area contributed by atoms with E-state index in [-0.39, 0.29) is 22.0 Å². The van der Waals surface area contributed by atoms with Crippen LogP contribution < -0.4 is 10.0 Å². The van der Waals surface area contributed by atoms with Gasteiger partial charge in [-0.15, -0.1) is 0 Å². The van der Waals surface area contributed by atoms with E-state index < -0.39 is 32.4 Å². The van der Waals surface area contributed by atoms with Gasteiger partial charge in [0.15, 0.2) is 0 Å². The zero-order chi connectivity index (χ0) is 22.1. The van der Waals surface area contributed by atoms with Crippen LogP contribution in [0.3, 0.4) is 0 Å². The van der Waals surface area contributed by atoms with Crippen LogP contribution in [0, 0.1) is 10.1 Å². The number of nitro groups is 1. The van der Waals surface area contributed by atoms with Crippen molar-refractivity contribution >= 4 is 27.1 Å². The first-order valence-corrected chi connectivity index (χ1v) is 9.71. The fourth-order valence-electron chi connectivity index (χ4n) is 2.56. The average molecular weight is 441 g/mol. The molecule has 2 aromatic carbocycles. The number of nitrogens with one attached hydrogen (secondary N) is 2. The molecule has 0 bridgehead atoms. The van der Waals surface area contributed by atoms with Gasteiger partial charge in [0.25, 0.3) is 5.69 Å². The second kappa shape index (κ2) is 7.76. The SMILES string of the molecule is CNS(=O)(=O)c1ccc(Nc2cnn(-c3cccc(C(F)(F)F)c3)c2)c([N+](=O)[O-])c1. The van der Waals surface area contributed by atoms with Gasteiger partial charge in [-0.3, -0.25) is 10.1 Å². The number of nitro benzene ring substituents is 1. The minimum atomic E-state index is -4.51. The Hall–Kier alpha value is -3.45. The summed E-state index contributed by atoms with van der Waals surface area (Å²) in [5.41, 5.74) is -0.971. The topological polar surface area (TPSA) is 119 Å². The van der Waals surface area contributed by atoms with Gasteiger partial charge in [0.05, 0.1) is 39.2 Å². The van der Waals surface area contributed by atoms with Crippen LogP contribution in [0.25, 0.3) is 5.69 Å². The fourth-order valence-corrected chi connectivity index (χ4v) is 3.31. The lowest BCUT2D eigenvalue weighted by Gasteiger charge is -2.09. The third-order valence-electron chi connectivity index (χ3n) is 4.04. The molecule has 2 N–H and O–H groups in total. The number of aromatic nitrogens is 2.